The highest BCUT2D eigenvalue weighted by Crippen LogP contribution is 2.32. The van der Waals surface area contributed by atoms with Gasteiger partial charge in [-0.3, -0.25) is 4.79 Å². The molecule has 1 aliphatic heterocycles. The minimum atomic E-state index is 0.0474. The lowest BCUT2D eigenvalue weighted by molar-refractivity contribution is 0.0830. The number of aromatic nitrogens is 1. The van der Waals surface area contributed by atoms with Crippen LogP contribution < -0.4 is 10.1 Å². The Hall–Kier alpha value is -2.77. The highest BCUT2D eigenvalue weighted by molar-refractivity contribution is 8.03. The zero-order valence-corrected chi connectivity index (χ0v) is 17.8. The van der Waals surface area contributed by atoms with Gasteiger partial charge in [-0.25, -0.2) is 4.98 Å². The maximum Gasteiger partial charge on any atom is 0.258 e. The van der Waals surface area contributed by atoms with Crippen molar-refractivity contribution in [2.24, 2.45) is 0 Å². The van der Waals surface area contributed by atoms with E-state index >= 15 is 0 Å². The van der Waals surface area contributed by atoms with E-state index in [4.69, 9.17) is 4.74 Å². The number of carbonyl (C=O) groups excluding carboxylic acids is 1. The summed E-state index contributed by atoms with van der Waals surface area (Å²) in [6.07, 6.45) is 1.99. The Morgan fingerprint density at radius 2 is 2.00 bits per heavy atom. The number of amides is 1. The summed E-state index contributed by atoms with van der Waals surface area (Å²) in [5.74, 6) is 1.76. The number of carbonyl (C=O) groups is 1. The first-order valence-electron chi connectivity index (χ1n) is 9.22. The third-order valence-electron chi connectivity index (χ3n) is 4.59. The third kappa shape index (κ3) is 4.46. The van der Waals surface area contributed by atoms with Crippen LogP contribution in [0.3, 0.4) is 0 Å². The number of rotatable bonds is 5. The molecule has 5 nitrogen and oxygen atoms in total. The normalized spacial score (nSPS) is 15.0. The molecule has 0 radical (unpaired) electrons. The Morgan fingerprint density at radius 3 is 2.76 bits per heavy atom. The summed E-state index contributed by atoms with van der Waals surface area (Å²) < 4.78 is 5.18. The summed E-state index contributed by atoms with van der Waals surface area (Å²) in [7, 11) is 1.65. The average Bonchev–Trinajstić information content (AvgIpc) is 3.38. The molecule has 1 aliphatic rings. The van der Waals surface area contributed by atoms with Gasteiger partial charge >= 0.3 is 0 Å². The molecular weight excluding hydrogens is 402 g/mol. The Morgan fingerprint density at radius 1 is 1.21 bits per heavy atom. The lowest BCUT2D eigenvalue weighted by Crippen LogP contribution is -2.27. The van der Waals surface area contributed by atoms with Crippen molar-refractivity contribution in [2.75, 3.05) is 24.7 Å². The third-order valence-corrected chi connectivity index (χ3v) is 6.38. The van der Waals surface area contributed by atoms with E-state index in [2.05, 4.69) is 10.3 Å². The summed E-state index contributed by atoms with van der Waals surface area (Å²) in [5.41, 5.74) is 3.54. The molecule has 7 heteroatoms. The van der Waals surface area contributed by atoms with E-state index < -0.39 is 0 Å². The maximum atomic E-state index is 13.0. The lowest BCUT2D eigenvalue weighted by atomic mass is 10.1. The van der Waals surface area contributed by atoms with E-state index in [1.165, 1.54) is 11.3 Å². The first kappa shape index (κ1) is 19.5. The molecule has 0 saturated carbocycles. The van der Waals surface area contributed by atoms with Crippen LogP contribution in [0.15, 0.2) is 58.9 Å². The van der Waals surface area contributed by atoms with Crippen molar-refractivity contribution in [3.8, 4) is 5.75 Å². The Balaban J connectivity index is 1.50. The number of aryl methyl sites for hydroxylation is 1. The highest BCUT2D eigenvalue weighted by atomic mass is 32.2. The molecule has 2 aromatic carbocycles. The van der Waals surface area contributed by atoms with Gasteiger partial charge in [0.15, 0.2) is 5.13 Å². The minimum Gasteiger partial charge on any atom is -0.497 e. The van der Waals surface area contributed by atoms with Gasteiger partial charge in [-0.1, -0.05) is 18.2 Å². The van der Waals surface area contributed by atoms with Crippen LogP contribution >= 0.6 is 23.1 Å². The fourth-order valence-corrected chi connectivity index (χ4v) is 4.75. The maximum absolute atomic E-state index is 13.0. The second-order valence-electron chi connectivity index (χ2n) is 6.53. The number of benzene rings is 2. The first-order valence-corrected chi connectivity index (χ1v) is 11.1. The second kappa shape index (κ2) is 8.71. The molecule has 0 aliphatic carbocycles. The molecule has 3 aromatic rings. The van der Waals surface area contributed by atoms with Gasteiger partial charge in [0.05, 0.1) is 17.8 Å². The number of hydrogen-bond donors (Lipinski definition) is 1. The van der Waals surface area contributed by atoms with E-state index in [1.807, 2.05) is 71.8 Å². The molecule has 1 N–H and O–H groups in total. The number of methoxy groups -OCH3 is 1. The summed E-state index contributed by atoms with van der Waals surface area (Å²) >= 11 is 3.22. The fraction of sp³-hybridized carbons (Fsp3) is 0.182. The van der Waals surface area contributed by atoms with Crippen LogP contribution in [0.5, 0.6) is 5.75 Å². The van der Waals surface area contributed by atoms with Crippen molar-refractivity contribution in [3.05, 3.63) is 75.8 Å². The first-order chi connectivity index (χ1) is 14.1. The van der Waals surface area contributed by atoms with E-state index in [0.717, 1.165) is 44.2 Å². The van der Waals surface area contributed by atoms with E-state index in [1.54, 1.807) is 18.9 Å². The van der Waals surface area contributed by atoms with Gasteiger partial charge < -0.3 is 15.0 Å². The quantitative estimate of drug-likeness (QED) is 0.596. The number of thioether (sulfide) groups is 1. The Kier molecular flexibility index (Phi) is 5.87. The smallest absolute Gasteiger partial charge is 0.258 e. The number of nitrogens with zero attached hydrogens (tertiary/aromatic N) is 2. The summed E-state index contributed by atoms with van der Waals surface area (Å²) in [4.78, 5) is 19.5. The SMILES string of the molecule is COc1ccc(Nc2nc(/C=C3/SCCN3C(=O)c3ccccc3C)cs2)cc1. The Bertz CT molecular complexity index is 1040. The number of nitrogens with one attached hydrogen (secondary N) is 1. The predicted octanol–water partition coefficient (Wildman–Crippen LogP) is 5.39. The van der Waals surface area contributed by atoms with Crippen LogP contribution in [0.4, 0.5) is 10.8 Å². The molecule has 0 atom stereocenters. The van der Waals surface area contributed by atoms with Crippen LogP contribution in [0.25, 0.3) is 6.08 Å². The van der Waals surface area contributed by atoms with Crippen molar-refractivity contribution in [3.63, 3.8) is 0 Å². The zero-order valence-electron chi connectivity index (χ0n) is 16.2. The van der Waals surface area contributed by atoms with Crippen LogP contribution in [0, 0.1) is 6.92 Å². The van der Waals surface area contributed by atoms with Crippen molar-refractivity contribution in [1.29, 1.82) is 0 Å². The highest BCUT2D eigenvalue weighted by Gasteiger charge is 2.26. The van der Waals surface area contributed by atoms with E-state index in [9.17, 15) is 4.79 Å². The molecule has 1 saturated heterocycles. The number of hydrogen-bond acceptors (Lipinski definition) is 6. The topological polar surface area (TPSA) is 54.5 Å². The van der Waals surface area contributed by atoms with Gasteiger partial charge in [0.1, 0.15) is 5.75 Å². The summed E-state index contributed by atoms with van der Waals surface area (Å²) in [6.45, 7) is 2.68. The van der Waals surface area contributed by atoms with Crippen LogP contribution in [0.1, 0.15) is 21.6 Å². The molecule has 1 amide bonds. The number of anilines is 2. The van der Waals surface area contributed by atoms with Gasteiger partial charge in [0.2, 0.25) is 0 Å². The second-order valence-corrected chi connectivity index (χ2v) is 8.51. The van der Waals surface area contributed by atoms with Gasteiger partial charge in [-0.2, -0.15) is 0 Å². The van der Waals surface area contributed by atoms with Gasteiger partial charge in [-0.15, -0.1) is 23.1 Å². The average molecular weight is 424 g/mol. The fourth-order valence-electron chi connectivity index (χ4n) is 3.04. The molecular formula is C22H21N3O2S2. The zero-order chi connectivity index (χ0) is 20.2. The molecule has 0 spiro atoms. The molecule has 29 heavy (non-hydrogen) atoms. The van der Waals surface area contributed by atoms with Crippen molar-refractivity contribution in [2.45, 2.75) is 6.92 Å². The largest absolute Gasteiger partial charge is 0.497 e. The van der Waals surface area contributed by atoms with Crippen LogP contribution in [0.2, 0.25) is 0 Å². The van der Waals surface area contributed by atoms with E-state index in [0.29, 0.717) is 6.54 Å². The predicted molar refractivity (Wildman–Crippen MR) is 121 cm³/mol. The molecule has 4 rings (SSSR count). The monoisotopic (exact) mass is 423 g/mol. The molecule has 1 aromatic heterocycles. The molecule has 0 unspecified atom stereocenters. The van der Waals surface area contributed by atoms with Crippen molar-refractivity contribution >= 4 is 45.9 Å². The number of thiazole rings is 1. The van der Waals surface area contributed by atoms with Crippen LogP contribution in [-0.4, -0.2) is 35.2 Å². The summed E-state index contributed by atoms with van der Waals surface area (Å²) in [5, 5.41) is 7.05. The van der Waals surface area contributed by atoms with Gasteiger partial charge in [-0.05, 0) is 48.9 Å². The molecule has 2 heterocycles. The van der Waals surface area contributed by atoms with E-state index in [-0.39, 0.29) is 5.91 Å². The van der Waals surface area contributed by atoms with Gasteiger partial charge in [0, 0.05) is 28.9 Å². The lowest BCUT2D eigenvalue weighted by Gasteiger charge is -2.18. The van der Waals surface area contributed by atoms with Crippen LogP contribution in [-0.2, 0) is 0 Å². The van der Waals surface area contributed by atoms with Crippen molar-refractivity contribution < 1.29 is 9.53 Å². The minimum absolute atomic E-state index is 0.0474. The molecule has 0 bridgehead atoms. The molecule has 148 valence electrons. The van der Waals surface area contributed by atoms with Gasteiger partial charge in [0.25, 0.3) is 5.91 Å². The number of ether oxygens (including phenoxy) is 1. The van der Waals surface area contributed by atoms with Crippen molar-refractivity contribution in [1.82, 2.24) is 9.88 Å². The summed E-state index contributed by atoms with van der Waals surface area (Å²) in [6, 6.07) is 15.4. The Labute approximate surface area is 178 Å². The molecule has 1 fully saturated rings. The standard InChI is InChI=1S/C22H21N3O2S2/c1-15-5-3-4-6-19(15)21(26)25-11-12-28-20(25)13-17-14-29-22(24-17)23-16-7-9-18(27-2)10-8-16/h3-10,13-14H,11-12H2,1-2H3,(H,23,24)/b20-13+.